The molecule has 0 aliphatic carbocycles. The Hall–Kier alpha value is -3.10. The second-order valence-corrected chi connectivity index (χ2v) is 8.23. The van der Waals surface area contributed by atoms with Gasteiger partial charge in [0.1, 0.15) is 5.75 Å². The molecule has 2 amide bonds. The van der Waals surface area contributed by atoms with Crippen LogP contribution in [0.5, 0.6) is 5.75 Å². The van der Waals surface area contributed by atoms with Gasteiger partial charge in [-0.1, -0.05) is 12.1 Å². The van der Waals surface area contributed by atoms with Gasteiger partial charge < -0.3 is 25.2 Å². The van der Waals surface area contributed by atoms with Crippen LogP contribution >= 0.6 is 0 Å². The first-order valence-electron chi connectivity index (χ1n) is 10.8. The molecule has 1 atom stereocenters. The summed E-state index contributed by atoms with van der Waals surface area (Å²) in [4.78, 5) is 31.6. The molecule has 0 radical (unpaired) electrons. The predicted molar refractivity (Wildman–Crippen MR) is 127 cm³/mol. The summed E-state index contributed by atoms with van der Waals surface area (Å²) in [6.07, 6.45) is 0. The molecule has 8 heteroatoms. The molecular formula is C24H33N5O3. The summed E-state index contributed by atoms with van der Waals surface area (Å²) < 4.78 is 5.11. The van der Waals surface area contributed by atoms with Gasteiger partial charge in [0.05, 0.1) is 13.2 Å². The van der Waals surface area contributed by atoms with Gasteiger partial charge in [-0.2, -0.15) is 0 Å². The van der Waals surface area contributed by atoms with Crippen molar-refractivity contribution in [2.45, 2.75) is 6.04 Å². The zero-order chi connectivity index (χ0) is 23.1. The summed E-state index contributed by atoms with van der Waals surface area (Å²) in [6, 6.07) is 15.2. The van der Waals surface area contributed by atoms with Crippen molar-refractivity contribution in [2.75, 3.05) is 71.2 Å². The van der Waals surface area contributed by atoms with E-state index in [9.17, 15) is 9.59 Å². The highest BCUT2D eigenvalue weighted by molar-refractivity contribution is 6.39. The molecule has 1 saturated heterocycles. The quantitative estimate of drug-likeness (QED) is 0.641. The summed E-state index contributed by atoms with van der Waals surface area (Å²) in [5.74, 6) is -0.650. The Kier molecular flexibility index (Phi) is 8.08. The molecule has 172 valence electrons. The van der Waals surface area contributed by atoms with Gasteiger partial charge in [-0.25, -0.2) is 0 Å². The van der Waals surface area contributed by atoms with Crippen molar-refractivity contribution >= 4 is 23.2 Å². The van der Waals surface area contributed by atoms with E-state index in [0.29, 0.717) is 18.0 Å². The minimum absolute atomic E-state index is 0.00218. The Morgan fingerprint density at radius 3 is 2.16 bits per heavy atom. The Bertz CT molecular complexity index is 891. The van der Waals surface area contributed by atoms with Crippen LogP contribution in [0.25, 0.3) is 0 Å². The molecule has 2 aromatic rings. The Balaban J connectivity index is 1.65. The van der Waals surface area contributed by atoms with Crippen LogP contribution in [0.1, 0.15) is 11.6 Å². The molecule has 1 aliphatic rings. The SMILES string of the molecule is COc1ccc(NC(=O)C(=O)NC[C@@H](c2ccc(N(C)C)cc2)N2CCN(C)CC2)cc1. The number of carbonyl (C=O) groups is 2. The molecule has 1 aliphatic heterocycles. The number of nitrogens with zero attached hydrogens (tertiary/aromatic N) is 3. The van der Waals surface area contributed by atoms with Gasteiger partial charge in [-0.15, -0.1) is 0 Å². The molecule has 0 spiro atoms. The number of amides is 2. The van der Waals surface area contributed by atoms with Gasteiger partial charge in [0.2, 0.25) is 0 Å². The molecule has 0 aromatic heterocycles. The van der Waals surface area contributed by atoms with E-state index in [-0.39, 0.29) is 6.04 Å². The number of hydrogen-bond acceptors (Lipinski definition) is 6. The highest BCUT2D eigenvalue weighted by atomic mass is 16.5. The number of carbonyl (C=O) groups excluding carboxylic acids is 2. The molecule has 0 saturated carbocycles. The van der Waals surface area contributed by atoms with E-state index in [4.69, 9.17) is 4.74 Å². The second-order valence-electron chi connectivity index (χ2n) is 8.23. The highest BCUT2D eigenvalue weighted by Gasteiger charge is 2.25. The van der Waals surface area contributed by atoms with Crippen molar-refractivity contribution in [1.82, 2.24) is 15.1 Å². The molecule has 8 nitrogen and oxygen atoms in total. The normalized spacial score (nSPS) is 15.6. The largest absolute Gasteiger partial charge is 0.497 e. The first-order valence-corrected chi connectivity index (χ1v) is 10.8. The number of nitrogens with one attached hydrogen (secondary N) is 2. The van der Waals surface area contributed by atoms with E-state index in [0.717, 1.165) is 37.4 Å². The average Bonchev–Trinajstić information content (AvgIpc) is 2.81. The fourth-order valence-corrected chi connectivity index (χ4v) is 3.72. The number of anilines is 2. The van der Waals surface area contributed by atoms with E-state index in [1.165, 1.54) is 0 Å². The van der Waals surface area contributed by atoms with Gasteiger partial charge in [0.15, 0.2) is 0 Å². The highest BCUT2D eigenvalue weighted by Crippen LogP contribution is 2.24. The lowest BCUT2D eigenvalue weighted by Crippen LogP contribution is -2.49. The van der Waals surface area contributed by atoms with Crippen LogP contribution in [0.2, 0.25) is 0 Å². The molecule has 1 heterocycles. The minimum Gasteiger partial charge on any atom is -0.497 e. The summed E-state index contributed by atoms with van der Waals surface area (Å²) in [7, 11) is 7.71. The van der Waals surface area contributed by atoms with Crippen LogP contribution in [0, 0.1) is 0 Å². The van der Waals surface area contributed by atoms with Crippen molar-refractivity contribution in [1.29, 1.82) is 0 Å². The fourth-order valence-electron chi connectivity index (χ4n) is 3.72. The summed E-state index contributed by atoms with van der Waals surface area (Å²) in [6.45, 7) is 4.12. The molecule has 2 N–H and O–H groups in total. The minimum atomic E-state index is -0.685. The zero-order valence-corrected chi connectivity index (χ0v) is 19.3. The fraction of sp³-hybridized carbons (Fsp3) is 0.417. The zero-order valence-electron chi connectivity index (χ0n) is 19.3. The van der Waals surface area contributed by atoms with E-state index in [2.05, 4.69) is 56.6 Å². The number of hydrogen-bond donors (Lipinski definition) is 2. The second kappa shape index (κ2) is 11.0. The topological polar surface area (TPSA) is 77.1 Å². The average molecular weight is 440 g/mol. The van der Waals surface area contributed by atoms with Crippen molar-refractivity contribution < 1.29 is 14.3 Å². The van der Waals surface area contributed by atoms with Crippen molar-refractivity contribution in [3.05, 3.63) is 54.1 Å². The number of likely N-dealkylation sites (N-methyl/N-ethyl adjacent to an activating group) is 1. The van der Waals surface area contributed by atoms with E-state index < -0.39 is 11.8 Å². The van der Waals surface area contributed by atoms with Gasteiger partial charge in [0.25, 0.3) is 0 Å². The lowest BCUT2D eigenvalue weighted by atomic mass is 10.0. The van der Waals surface area contributed by atoms with Crippen molar-refractivity contribution in [2.24, 2.45) is 0 Å². The summed E-state index contributed by atoms with van der Waals surface area (Å²) in [5.41, 5.74) is 2.78. The Morgan fingerprint density at radius 2 is 1.59 bits per heavy atom. The third kappa shape index (κ3) is 6.21. The van der Waals surface area contributed by atoms with Crippen LogP contribution in [0.4, 0.5) is 11.4 Å². The van der Waals surface area contributed by atoms with Crippen LogP contribution in [0.15, 0.2) is 48.5 Å². The van der Waals surface area contributed by atoms with Gasteiger partial charge in [0, 0.05) is 58.2 Å². The van der Waals surface area contributed by atoms with Crippen molar-refractivity contribution in [3.8, 4) is 5.75 Å². The number of methoxy groups -OCH3 is 1. The standard InChI is InChI=1S/C24H33N5O3/c1-27(2)20-9-5-18(6-10-20)22(29-15-13-28(3)14-16-29)17-25-23(30)24(31)26-19-7-11-21(32-4)12-8-19/h5-12,22H,13-17H2,1-4H3,(H,25,30)(H,26,31)/t22-/m0/s1. The molecule has 0 unspecified atom stereocenters. The maximum Gasteiger partial charge on any atom is 0.313 e. The lowest BCUT2D eigenvalue weighted by molar-refractivity contribution is -0.136. The molecule has 1 fully saturated rings. The monoisotopic (exact) mass is 439 g/mol. The molecule has 3 rings (SSSR count). The summed E-state index contributed by atoms with van der Waals surface area (Å²) in [5, 5.41) is 5.46. The first kappa shape index (κ1) is 23.6. The molecular weight excluding hydrogens is 406 g/mol. The Morgan fingerprint density at radius 1 is 0.969 bits per heavy atom. The predicted octanol–water partition coefficient (Wildman–Crippen LogP) is 1.80. The van der Waals surface area contributed by atoms with E-state index in [1.807, 2.05) is 14.1 Å². The van der Waals surface area contributed by atoms with Gasteiger partial charge in [-0.05, 0) is 49.0 Å². The van der Waals surface area contributed by atoms with Gasteiger partial charge >= 0.3 is 11.8 Å². The molecule has 32 heavy (non-hydrogen) atoms. The summed E-state index contributed by atoms with van der Waals surface area (Å²) >= 11 is 0. The maximum absolute atomic E-state index is 12.5. The smallest absolute Gasteiger partial charge is 0.313 e. The third-order valence-corrected chi connectivity index (χ3v) is 5.78. The number of ether oxygens (including phenoxy) is 1. The van der Waals surface area contributed by atoms with Crippen LogP contribution in [-0.2, 0) is 9.59 Å². The number of rotatable bonds is 7. The lowest BCUT2D eigenvalue weighted by Gasteiger charge is -2.38. The molecule has 0 bridgehead atoms. The maximum atomic E-state index is 12.5. The molecule has 2 aromatic carbocycles. The van der Waals surface area contributed by atoms with E-state index >= 15 is 0 Å². The van der Waals surface area contributed by atoms with Gasteiger partial charge in [-0.3, -0.25) is 14.5 Å². The number of piperazine rings is 1. The third-order valence-electron chi connectivity index (χ3n) is 5.78. The van der Waals surface area contributed by atoms with Crippen LogP contribution in [-0.4, -0.2) is 82.6 Å². The van der Waals surface area contributed by atoms with E-state index in [1.54, 1.807) is 31.4 Å². The first-order chi connectivity index (χ1) is 15.4. The van der Waals surface area contributed by atoms with Crippen molar-refractivity contribution in [3.63, 3.8) is 0 Å². The van der Waals surface area contributed by atoms with Crippen LogP contribution < -0.4 is 20.3 Å². The Labute approximate surface area is 190 Å². The number of benzene rings is 2. The van der Waals surface area contributed by atoms with Crippen LogP contribution in [0.3, 0.4) is 0 Å².